The summed E-state index contributed by atoms with van der Waals surface area (Å²) in [6.07, 6.45) is -4.81. The quantitative estimate of drug-likeness (QED) is 0.213. The van der Waals surface area contributed by atoms with Crippen LogP contribution in [0.1, 0.15) is 31.3 Å². The molecule has 0 radical (unpaired) electrons. The van der Waals surface area contributed by atoms with Gasteiger partial charge in [-0.25, -0.2) is 4.79 Å². The lowest BCUT2D eigenvalue weighted by atomic mass is 10.0. The van der Waals surface area contributed by atoms with Crippen LogP contribution in [0.3, 0.4) is 0 Å². The molecule has 0 amide bonds. The average molecular weight is 578 g/mol. The number of carbonyl (C=O) groups is 1. The molecule has 37 heavy (non-hydrogen) atoms. The maximum atomic E-state index is 12.7. The predicted molar refractivity (Wildman–Crippen MR) is 136 cm³/mol. The second kappa shape index (κ2) is 10.8. The lowest BCUT2D eigenvalue weighted by Crippen LogP contribution is -2.17. The molecule has 10 heteroatoms. The third kappa shape index (κ3) is 6.37. The molecule has 0 saturated carbocycles. The summed E-state index contributed by atoms with van der Waals surface area (Å²) in [4.78, 5) is 15.6. The van der Waals surface area contributed by atoms with E-state index in [1.54, 1.807) is 19.1 Å². The van der Waals surface area contributed by atoms with Gasteiger partial charge in [-0.05, 0) is 78.2 Å². The number of aromatic amines is 1. The first kappa shape index (κ1) is 26.4. The highest BCUT2D eigenvalue weighted by Crippen LogP contribution is 2.41. The van der Waals surface area contributed by atoms with E-state index in [1.807, 2.05) is 38.1 Å². The van der Waals surface area contributed by atoms with E-state index in [1.165, 1.54) is 18.2 Å². The van der Waals surface area contributed by atoms with Crippen molar-refractivity contribution in [2.45, 2.75) is 33.2 Å². The highest BCUT2D eigenvalue weighted by atomic mass is 79.9. The summed E-state index contributed by atoms with van der Waals surface area (Å²) in [6.45, 7) is 5.78. The standard InChI is InChI=1S/C27H23BrF3NO5/c1-4-34-26(33)25-24(28)23-21(16-8-10-17(11-9-16)35-15(2)3)13-20(14-22(23)32-25)36-18-6-5-7-19(12-18)37-27(29,30)31/h5-15,32H,4H2,1-3H3. The summed E-state index contributed by atoms with van der Waals surface area (Å²) >= 11 is 3.53. The first-order valence-electron chi connectivity index (χ1n) is 11.4. The lowest BCUT2D eigenvalue weighted by Gasteiger charge is -2.13. The van der Waals surface area contributed by atoms with Gasteiger partial charge in [0.15, 0.2) is 0 Å². The van der Waals surface area contributed by atoms with Gasteiger partial charge in [-0.1, -0.05) is 18.2 Å². The van der Waals surface area contributed by atoms with Crippen LogP contribution in [0.4, 0.5) is 13.2 Å². The third-order valence-electron chi connectivity index (χ3n) is 5.10. The Balaban J connectivity index is 1.79. The fourth-order valence-electron chi connectivity index (χ4n) is 3.75. The van der Waals surface area contributed by atoms with E-state index >= 15 is 0 Å². The average Bonchev–Trinajstić information content (AvgIpc) is 3.14. The van der Waals surface area contributed by atoms with Gasteiger partial charge in [0.25, 0.3) is 0 Å². The van der Waals surface area contributed by atoms with Gasteiger partial charge in [0.2, 0.25) is 0 Å². The Kier molecular flexibility index (Phi) is 7.68. The Labute approximate surface area is 219 Å². The molecule has 4 rings (SSSR count). The van der Waals surface area contributed by atoms with Gasteiger partial charge in [0, 0.05) is 17.5 Å². The number of ether oxygens (including phenoxy) is 4. The number of aromatic nitrogens is 1. The van der Waals surface area contributed by atoms with Crippen molar-refractivity contribution in [3.8, 4) is 34.1 Å². The van der Waals surface area contributed by atoms with Crippen molar-refractivity contribution in [2.75, 3.05) is 6.61 Å². The molecule has 0 saturated heterocycles. The molecule has 0 aliphatic carbocycles. The number of H-pyrrole nitrogens is 1. The summed E-state index contributed by atoms with van der Waals surface area (Å²) in [5, 5.41) is 0.710. The molecule has 0 atom stereocenters. The molecule has 0 spiro atoms. The van der Waals surface area contributed by atoms with Crippen LogP contribution in [0.25, 0.3) is 22.0 Å². The lowest BCUT2D eigenvalue weighted by molar-refractivity contribution is -0.274. The largest absolute Gasteiger partial charge is 0.573 e. The first-order chi connectivity index (χ1) is 17.5. The van der Waals surface area contributed by atoms with E-state index in [0.29, 0.717) is 32.4 Å². The second-order valence-electron chi connectivity index (χ2n) is 8.24. The highest BCUT2D eigenvalue weighted by Gasteiger charge is 2.31. The summed E-state index contributed by atoms with van der Waals surface area (Å²) in [5.41, 5.74) is 2.31. The van der Waals surface area contributed by atoms with Crippen molar-refractivity contribution >= 4 is 32.8 Å². The molecule has 1 heterocycles. The Hall–Kier alpha value is -3.66. The van der Waals surface area contributed by atoms with Gasteiger partial charge < -0.3 is 23.9 Å². The maximum absolute atomic E-state index is 12.7. The molecular formula is C27H23BrF3NO5. The zero-order chi connectivity index (χ0) is 26.7. The second-order valence-corrected chi connectivity index (χ2v) is 9.04. The molecule has 194 valence electrons. The number of benzene rings is 3. The van der Waals surface area contributed by atoms with E-state index < -0.39 is 18.1 Å². The molecule has 6 nitrogen and oxygen atoms in total. The van der Waals surface area contributed by atoms with Crippen LogP contribution < -0.4 is 14.2 Å². The van der Waals surface area contributed by atoms with E-state index in [2.05, 4.69) is 25.7 Å². The Morgan fingerprint density at radius 1 is 0.973 bits per heavy atom. The Morgan fingerprint density at radius 2 is 1.68 bits per heavy atom. The van der Waals surface area contributed by atoms with Crippen molar-refractivity contribution in [3.05, 3.63) is 70.8 Å². The molecule has 0 bridgehead atoms. The van der Waals surface area contributed by atoms with Crippen LogP contribution in [0.5, 0.6) is 23.0 Å². The van der Waals surface area contributed by atoms with Crippen LogP contribution in [0.15, 0.2) is 65.1 Å². The molecule has 0 aliphatic rings. The number of hydrogen-bond donors (Lipinski definition) is 1. The third-order valence-corrected chi connectivity index (χ3v) is 5.89. The van der Waals surface area contributed by atoms with Crippen molar-refractivity contribution < 1.29 is 36.9 Å². The molecule has 1 N–H and O–H groups in total. The van der Waals surface area contributed by atoms with Crippen molar-refractivity contribution in [3.63, 3.8) is 0 Å². The smallest absolute Gasteiger partial charge is 0.491 e. The molecule has 0 unspecified atom stereocenters. The molecule has 0 fully saturated rings. The number of carbonyl (C=O) groups excluding carboxylic acids is 1. The topological polar surface area (TPSA) is 69.8 Å². The molecular weight excluding hydrogens is 555 g/mol. The van der Waals surface area contributed by atoms with Crippen LogP contribution in [0, 0.1) is 0 Å². The first-order valence-corrected chi connectivity index (χ1v) is 12.2. The van der Waals surface area contributed by atoms with Gasteiger partial charge >= 0.3 is 12.3 Å². The number of nitrogens with one attached hydrogen (secondary N) is 1. The van der Waals surface area contributed by atoms with Crippen molar-refractivity contribution in [2.24, 2.45) is 0 Å². The summed E-state index contributed by atoms with van der Waals surface area (Å²) in [7, 11) is 0. The monoisotopic (exact) mass is 577 g/mol. The highest BCUT2D eigenvalue weighted by molar-refractivity contribution is 9.10. The van der Waals surface area contributed by atoms with Crippen molar-refractivity contribution in [1.29, 1.82) is 0 Å². The number of halogens is 4. The van der Waals surface area contributed by atoms with Gasteiger partial charge in [0.05, 0.1) is 22.7 Å². The van der Waals surface area contributed by atoms with Gasteiger partial charge in [-0.2, -0.15) is 0 Å². The fraction of sp³-hybridized carbons (Fsp3) is 0.222. The van der Waals surface area contributed by atoms with Crippen LogP contribution in [0.2, 0.25) is 0 Å². The number of esters is 1. The Morgan fingerprint density at radius 3 is 2.32 bits per heavy atom. The van der Waals surface area contributed by atoms with E-state index in [-0.39, 0.29) is 24.2 Å². The van der Waals surface area contributed by atoms with Gasteiger partial charge in [-0.15, -0.1) is 13.2 Å². The minimum absolute atomic E-state index is 0.0114. The van der Waals surface area contributed by atoms with E-state index in [0.717, 1.165) is 11.6 Å². The SMILES string of the molecule is CCOC(=O)c1[nH]c2cc(Oc3cccc(OC(F)(F)F)c3)cc(-c3ccc(OC(C)C)cc3)c2c1Br. The maximum Gasteiger partial charge on any atom is 0.573 e. The molecule has 0 aliphatic heterocycles. The van der Waals surface area contributed by atoms with E-state index in [9.17, 15) is 18.0 Å². The minimum atomic E-state index is -4.82. The molecule has 3 aromatic carbocycles. The van der Waals surface area contributed by atoms with Crippen LogP contribution in [-0.4, -0.2) is 30.0 Å². The minimum Gasteiger partial charge on any atom is -0.491 e. The molecule has 1 aromatic heterocycles. The number of fused-ring (bicyclic) bond motifs is 1. The fourth-order valence-corrected chi connectivity index (χ4v) is 4.44. The van der Waals surface area contributed by atoms with Gasteiger partial charge in [-0.3, -0.25) is 0 Å². The normalized spacial score (nSPS) is 11.6. The van der Waals surface area contributed by atoms with Gasteiger partial charge in [0.1, 0.15) is 28.7 Å². The summed E-state index contributed by atoms with van der Waals surface area (Å²) in [5.74, 6) is 0.238. The van der Waals surface area contributed by atoms with Crippen molar-refractivity contribution in [1.82, 2.24) is 4.98 Å². The Bertz CT molecular complexity index is 1410. The van der Waals surface area contributed by atoms with Crippen LogP contribution >= 0.6 is 15.9 Å². The van der Waals surface area contributed by atoms with Crippen LogP contribution in [-0.2, 0) is 4.74 Å². The predicted octanol–water partition coefficient (Wildman–Crippen LogP) is 8.25. The number of rotatable bonds is 8. The number of hydrogen-bond acceptors (Lipinski definition) is 5. The summed E-state index contributed by atoms with van der Waals surface area (Å²) < 4.78 is 59.3. The number of alkyl halides is 3. The summed E-state index contributed by atoms with van der Waals surface area (Å²) in [6, 6.07) is 16.0. The zero-order valence-electron chi connectivity index (χ0n) is 20.1. The van der Waals surface area contributed by atoms with E-state index in [4.69, 9.17) is 14.2 Å². The molecule has 4 aromatic rings. The zero-order valence-corrected chi connectivity index (χ0v) is 21.7.